The molecule has 26 nitrogen and oxygen atoms in total. The number of carbonyl (C=O) groups is 3. The molecule has 26 heteroatoms. The third-order valence-corrected chi connectivity index (χ3v) is 9.98. The van der Waals surface area contributed by atoms with Crippen molar-refractivity contribution in [2.75, 3.05) is 26.4 Å². The maximum Gasteiger partial charge on any atom is 0.364 e. The molecule has 21 atom stereocenters. The molecule has 2 amide bonds. The second kappa shape index (κ2) is 19.8. The van der Waals surface area contributed by atoms with Gasteiger partial charge in [-0.25, -0.2) is 4.79 Å². The number of hydrogen-bond donors (Lipinski definition) is 16. The van der Waals surface area contributed by atoms with Crippen LogP contribution in [0.5, 0.6) is 0 Å². The highest BCUT2D eigenvalue weighted by atomic mass is 16.8. The predicted molar refractivity (Wildman–Crippen MR) is 174 cm³/mol. The van der Waals surface area contributed by atoms with E-state index in [1.165, 1.54) is 0 Å². The van der Waals surface area contributed by atoms with Gasteiger partial charge in [-0.1, -0.05) is 0 Å². The Morgan fingerprint density at radius 1 is 0.684 bits per heavy atom. The number of carboxylic acids is 1. The van der Waals surface area contributed by atoms with Crippen molar-refractivity contribution in [3.05, 3.63) is 0 Å². The molecule has 16 N–H and O–H groups in total. The number of amides is 2. The average Bonchev–Trinajstić information content (AvgIpc) is 3.16. The summed E-state index contributed by atoms with van der Waals surface area (Å²) >= 11 is 0. The summed E-state index contributed by atoms with van der Waals surface area (Å²) in [6, 6.07) is -3.34. The van der Waals surface area contributed by atoms with Crippen LogP contribution in [0.15, 0.2) is 0 Å². The third-order valence-electron chi connectivity index (χ3n) is 9.98. The van der Waals surface area contributed by atoms with E-state index < -0.39 is 179 Å². The second-order valence-electron chi connectivity index (χ2n) is 14.0. The number of aliphatic hydroxyl groups is 13. The summed E-state index contributed by atoms with van der Waals surface area (Å²) in [6.45, 7) is -2.00. The number of ether oxygens (including phenoxy) is 7. The lowest BCUT2D eigenvalue weighted by Gasteiger charge is -2.51. The molecule has 4 aliphatic heterocycles. The molecule has 0 aliphatic carbocycles. The van der Waals surface area contributed by atoms with E-state index in [9.17, 15) is 85.9 Å². The van der Waals surface area contributed by atoms with Gasteiger partial charge in [-0.2, -0.15) is 0 Å². The largest absolute Gasteiger partial charge is 0.477 e. The zero-order chi connectivity index (χ0) is 42.7. The van der Waals surface area contributed by atoms with E-state index >= 15 is 0 Å². The number of rotatable bonds is 15. The fourth-order valence-corrected chi connectivity index (χ4v) is 7.04. The van der Waals surface area contributed by atoms with Gasteiger partial charge in [0.05, 0.1) is 38.6 Å². The van der Waals surface area contributed by atoms with E-state index in [1.54, 1.807) is 0 Å². The molecule has 0 radical (unpaired) electrons. The van der Waals surface area contributed by atoms with E-state index in [0.717, 1.165) is 13.8 Å². The smallest absolute Gasteiger partial charge is 0.364 e. The molecule has 0 spiro atoms. The van der Waals surface area contributed by atoms with E-state index in [-0.39, 0.29) is 0 Å². The second-order valence-corrected chi connectivity index (χ2v) is 14.0. The van der Waals surface area contributed by atoms with Gasteiger partial charge in [0.1, 0.15) is 91.5 Å². The van der Waals surface area contributed by atoms with Crippen LogP contribution < -0.4 is 10.6 Å². The fraction of sp³-hybridized carbons (Fsp3) is 0.903. The van der Waals surface area contributed by atoms with Crippen LogP contribution in [0.4, 0.5) is 0 Å². The minimum Gasteiger partial charge on any atom is -0.477 e. The number of nitrogens with one attached hydrogen (secondary N) is 2. The van der Waals surface area contributed by atoms with Crippen LogP contribution in [0.1, 0.15) is 20.3 Å². The van der Waals surface area contributed by atoms with E-state index in [4.69, 9.17) is 33.2 Å². The van der Waals surface area contributed by atoms with E-state index in [1.807, 2.05) is 0 Å². The molecule has 4 saturated heterocycles. The van der Waals surface area contributed by atoms with Gasteiger partial charge >= 0.3 is 5.97 Å². The number of aliphatic hydroxyl groups excluding tert-OH is 13. The van der Waals surface area contributed by atoms with Gasteiger partial charge < -0.3 is 115 Å². The van der Waals surface area contributed by atoms with Gasteiger partial charge in [-0.15, -0.1) is 0 Å². The Bertz CT molecular complexity index is 1350. The summed E-state index contributed by atoms with van der Waals surface area (Å²) in [7, 11) is 0. The monoisotopic (exact) mass is 836 g/mol. The first kappa shape index (κ1) is 47.3. The van der Waals surface area contributed by atoms with Crippen molar-refractivity contribution >= 4 is 17.8 Å². The first-order chi connectivity index (χ1) is 26.7. The topological polar surface area (TPSA) is 423 Å². The minimum absolute atomic E-state index is 0.792. The number of hydrogen-bond acceptors (Lipinski definition) is 23. The van der Waals surface area contributed by atoms with Gasteiger partial charge in [-0.3, -0.25) is 9.59 Å². The molecule has 0 aromatic heterocycles. The van der Waals surface area contributed by atoms with Gasteiger partial charge in [0, 0.05) is 20.3 Å². The molecular weight excluding hydrogens is 784 g/mol. The first-order valence-corrected chi connectivity index (χ1v) is 17.7. The Kier molecular flexibility index (Phi) is 16.4. The number of carboxylic acid groups (broad SMARTS) is 1. The van der Waals surface area contributed by atoms with Gasteiger partial charge in [-0.05, 0) is 0 Å². The summed E-state index contributed by atoms with van der Waals surface area (Å²) in [5.74, 6) is -6.80. The van der Waals surface area contributed by atoms with Crippen molar-refractivity contribution < 1.29 is 119 Å². The van der Waals surface area contributed by atoms with Crippen LogP contribution in [0, 0.1) is 0 Å². The van der Waals surface area contributed by atoms with Crippen molar-refractivity contribution in [1.82, 2.24) is 10.6 Å². The molecule has 4 heterocycles. The van der Waals surface area contributed by atoms with Gasteiger partial charge in [0.15, 0.2) is 18.9 Å². The number of carbonyl (C=O) groups excluding carboxylic acids is 2. The summed E-state index contributed by atoms with van der Waals surface area (Å²) in [6.07, 6.45) is -36.5. The Labute approximate surface area is 322 Å². The molecule has 1 unspecified atom stereocenters. The molecule has 0 saturated carbocycles. The van der Waals surface area contributed by atoms with E-state index in [2.05, 4.69) is 10.6 Å². The summed E-state index contributed by atoms with van der Waals surface area (Å²) in [5.41, 5.74) is 0. The van der Waals surface area contributed by atoms with Crippen molar-refractivity contribution in [2.45, 2.75) is 149 Å². The molecular formula is C31H52N2O24. The Morgan fingerprint density at radius 3 is 1.70 bits per heavy atom. The molecule has 4 rings (SSSR count). The molecule has 0 aromatic carbocycles. The normalized spacial score (nSPS) is 45.1. The molecule has 330 valence electrons. The Hall–Kier alpha value is -2.39. The first-order valence-electron chi connectivity index (χ1n) is 17.7. The highest BCUT2D eigenvalue weighted by Gasteiger charge is 2.60. The zero-order valence-corrected chi connectivity index (χ0v) is 30.4. The molecule has 57 heavy (non-hydrogen) atoms. The highest BCUT2D eigenvalue weighted by molar-refractivity contribution is 5.76. The highest BCUT2D eigenvalue weighted by Crippen LogP contribution is 2.39. The lowest BCUT2D eigenvalue weighted by molar-refractivity contribution is -0.385. The number of aliphatic carboxylic acids is 1. The van der Waals surface area contributed by atoms with Crippen LogP contribution in [0.3, 0.4) is 0 Å². The Balaban J connectivity index is 1.69. The van der Waals surface area contributed by atoms with Crippen molar-refractivity contribution in [2.24, 2.45) is 0 Å². The van der Waals surface area contributed by atoms with Crippen molar-refractivity contribution in [1.29, 1.82) is 0 Å². The summed E-state index contributed by atoms with van der Waals surface area (Å²) in [5, 5.41) is 151. The zero-order valence-electron chi connectivity index (χ0n) is 30.4. The maximum atomic E-state index is 12.8. The van der Waals surface area contributed by atoms with Crippen LogP contribution >= 0.6 is 0 Å². The fourth-order valence-electron chi connectivity index (χ4n) is 7.04. The maximum absolute atomic E-state index is 12.8. The standard InChI is InChI=1S/C31H52N2O24/c1-8(38)32-15-10(40)3-31(30(49)50,56-24(15)17(42)11(41)4-34)57-26-20(45)14(7-37)53-29(22(26)47)54-23-16(33-9(2)39)28(52-13(6-36)18(23)43)55-25-19(44)12(5-35)51-27(48)21(25)46/h10-29,34-37,40-48H,3-7H2,1-2H3,(H,32,38)(H,33,39)(H,49,50)/t10-,11+,12+,13+,14+,15+,16+,17+,18+,19-,20-,21+,22+,23+,24+,25-,26-,27?,28-,29-,31-/m0/s1. The summed E-state index contributed by atoms with van der Waals surface area (Å²) in [4.78, 5) is 37.2. The summed E-state index contributed by atoms with van der Waals surface area (Å²) < 4.78 is 38.9. The van der Waals surface area contributed by atoms with Crippen LogP contribution in [-0.2, 0) is 47.5 Å². The third kappa shape index (κ3) is 10.2. The van der Waals surface area contributed by atoms with Crippen molar-refractivity contribution in [3.8, 4) is 0 Å². The van der Waals surface area contributed by atoms with E-state index in [0.29, 0.717) is 0 Å². The Morgan fingerprint density at radius 2 is 1.18 bits per heavy atom. The van der Waals surface area contributed by atoms with Gasteiger partial charge in [0.25, 0.3) is 5.79 Å². The molecule has 0 bridgehead atoms. The van der Waals surface area contributed by atoms with Crippen LogP contribution in [-0.4, -0.2) is 244 Å². The lowest BCUT2D eigenvalue weighted by Crippen LogP contribution is -2.71. The average molecular weight is 837 g/mol. The molecule has 4 fully saturated rings. The van der Waals surface area contributed by atoms with Crippen LogP contribution in [0.2, 0.25) is 0 Å². The SMILES string of the molecule is CC(=O)N[C@H]1[C@H](O[C@H]2[C@@H](O)[C@@H](CO)OC(O)[C@@H]2O)O[C@H](CO)[C@@H](O)[C@@H]1O[C@@H]1O[C@H](CO)[C@H](O)[C@H](O[C@]2(C(=O)O)C[C@H](O)[C@@H](NC(C)=O)[C@H]([C@H](O)[C@H](O)CO)O2)[C@H]1O. The molecule has 0 aromatic rings. The van der Waals surface area contributed by atoms with Crippen LogP contribution in [0.25, 0.3) is 0 Å². The quantitative estimate of drug-likeness (QED) is 0.0728. The van der Waals surface area contributed by atoms with Gasteiger partial charge in [0.2, 0.25) is 11.8 Å². The van der Waals surface area contributed by atoms with Crippen molar-refractivity contribution in [3.63, 3.8) is 0 Å². The molecule has 4 aliphatic rings. The lowest BCUT2D eigenvalue weighted by atomic mass is 9.88. The minimum atomic E-state index is -3.13. The predicted octanol–water partition coefficient (Wildman–Crippen LogP) is -10.3.